The number of para-hydroxylation sites is 1. The molecule has 1 aromatic heterocycles. The number of hydrogen-bond donors (Lipinski definition) is 1. The van der Waals surface area contributed by atoms with Crippen LogP contribution >= 0.6 is 0 Å². The predicted octanol–water partition coefficient (Wildman–Crippen LogP) is 1.28. The Bertz CT molecular complexity index is 558. The molecule has 1 unspecified atom stereocenters. The molecule has 1 aliphatic rings. The standard InChI is InChI=1S/C11H10N2O3/c14-11-13-12-10(16-11)8-5-6-15-9-4-2-1-3-7(8)9/h1-4,8H,5-6H2,(H,13,14). The van der Waals surface area contributed by atoms with Gasteiger partial charge in [-0.25, -0.2) is 9.89 Å². The van der Waals surface area contributed by atoms with Crippen LogP contribution in [-0.4, -0.2) is 16.8 Å². The first kappa shape index (κ1) is 9.21. The smallest absolute Gasteiger partial charge is 0.434 e. The highest BCUT2D eigenvalue weighted by atomic mass is 16.5. The van der Waals surface area contributed by atoms with E-state index in [0.717, 1.165) is 17.7 Å². The minimum Gasteiger partial charge on any atom is -0.493 e. The van der Waals surface area contributed by atoms with Gasteiger partial charge in [0.25, 0.3) is 0 Å². The van der Waals surface area contributed by atoms with Crippen LogP contribution in [-0.2, 0) is 0 Å². The van der Waals surface area contributed by atoms with Crippen LogP contribution < -0.4 is 10.5 Å². The molecule has 0 radical (unpaired) electrons. The summed E-state index contributed by atoms with van der Waals surface area (Å²) in [7, 11) is 0. The molecule has 1 N–H and O–H groups in total. The number of aromatic nitrogens is 2. The number of ether oxygens (including phenoxy) is 1. The van der Waals surface area contributed by atoms with E-state index in [1.54, 1.807) is 0 Å². The molecule has 0 fully saturated rings. The van der Waals surface area contributed by atoms with Crippen LogP contribution in [0.25, 0.3) is 0 Å². The molecule has 5 heteroatoms. The van der Waals surface area contributed by atoms with Crippen molar-refractivity contribution in [3.8, 4) is 5.75 Å². The monoisotopic (exact) mass is 218 g/mol. The Hall–Kier alpha value is -2.04. The van der Waals surface area contributed by atoms with E-state index < -0.39 is 5.76 Å². The van der Waals surface area contributed by atoms with Crippen LogP contribution in [0.1, 0.15) is 23.8 Å². The van der Waals surface area contributed by atoms with Crippen LogP contribution in [0, 0.1) is 0 Å². The minimum atomic E-state index is -0.515. The van der Waals surface area contributed by atoms with Gasteiger partial charge in [-0.2, -0.15) is 0 Å². The van der Waals surface area contributed by atoms with E-state index in [0.29, 0.717) is 12.5 Å². The van der Waals surface area contributed by atoms with Crippen molar-refractivity contribution in [2.45, 2.75) is 12.3 Å². The number of rotatable bonds is 1. The lowest BCUT2D eigenvalue weighted by molar-refractivity contribution is 0.264. The second-order valence-corrected chi connectivity index (χ2v) is 3.68. The largest absolute Gasteiger partial charge is 0.493 e. The summed E-state index contributed by atoms with van der Waals surface area (Å²) in [5.41, 5.74) is 1.02. The molecule has 2 aromatic rings. The van der Waals surface area contributed by atoms with Gasteiger partial charge in [-0.3, -0.25) is 0 Å². The SMILES string of the molecule is O=c1[nH]nc(C2CCOc3ccccc32)o1. The molecular formula is C11H10N2O3. The van der Waals surface area contributed by atoms with Gasteiger partial charge < -0.3 is 9.15 Å². The van der Waals surface area contributed by atoms with Crippen molar-refractivity contribution in [1.82, 2.24) is 10.2 Å². The van der Waals surface area contributed by atoms with Gasteiger partial charge in [0.1, 0.15) is 5.75 Å². The molecule has 0 aliphatic carbocycles. The normalized spacial score (nSPS) is 18.9. The molecule has 0 saturated carbocycles. The quantitative estimate of drug-likeness (QED) is 0.782. The maximum Gasteiger partial charge on any atom is 0.434 e. The van der Waals surface area contributed by atoms with E-state index in [1.807, 2.05) is 24.3 Å². The highest BCUT2D eigenvalue weighted by Crippen LogP contribution is 2.36. The zero-order valence-electron chi connectivity index (χ0n) is 8.47. The predicted molar refractivity (Wildman–Crippen MR) is 55.5 cm³/mol. The van der Waals surface area contributed by atoms with Gasteiger partial charge in [0.2, 0.25) is 5.89 Å². The summed E-state index contributed by atoms with van der Waals surface area (Å²) in [6.07, 6.45) is 0.769. The van der Waals surface area contributed by atoms with Crippen LogP contribution in [0.3, 0.4) is 0 Å². The highest BCUT2D eigenvalue weighted by molar-refractivity contribution is 5.40. The topological polar surface area (TPSA) is 68.1 Å². The summed E-state index contributed by atoms with van der Waals surface area (Å²) in [6, 6.07) is 7.73. The van der Waals surface area contributed by atoms with Crippen LogP contribution in [0.2, 0.25) is 0 Å². The van der Waals surface area contributed by atoms with Gasteiger partial charge in [-0.15, -0.1) is 5.10 Å². The number of nitrogens with one attached hydrogen (secondary N) is 1. The molecule has 1 aliphatic heterocycles. The maximum atomic E-state index is 10.9. The second kappa shape index (κ2) is 3.52. The first-order valence-corrected chi connectivity index (χ1v) is 5.12. The highest BCUT2D eigenvalue weighted by Gasteiger charge is 2.26. The molecule has 0 amide bonds. The summed E-state index contributed by atoms with van der Waals surface area (Å²) in [5.74, 6) is 0.757. The fraction of sp³-hybridized carbons (Fsp3) is 0.273. The third-order valence-electron chi connectivity index (χ3n) is 2.71. The number of benzene rings is 1. The third-order valence-corrected chi connectivity index (χ3v) is 2.71. The van der Waals surface area contributed by atoms with Crippen molar-refractivity contribution in [1.29, 1.82) is 0 Å². The van der Waals surface area contributed by atoms with E-state index in [9.17, 15) is 4.79 Å². The second-order valence-electron chi connectivity index (χ2n) is 3.68. The molecule has 0 bridgehead atoms. The van der Waals surface area contributed by atoms with Gasteiger partial charge in [0.15, 0.2) is 0 Å². The zero-order valence-corrected chi connectivity index (χ0v) is 8.47. The van der Waals surface area contributed by atoms with E-state index >= 15 is 0 Å². The third kappa shape index (κ3) is 1.41. The molecule has 5 nitrogen and oxygen atoms in total. The zero-order chi connectivity index (χ0) is 11.0. The fourth-order valence-electron chi connectivity index (χ4n) is 1.99. The molecule has 0 spiro atoms. The van der Waals surface area contributed by atoms with Crippen molar-refractivity contribution in [3.63, 3.8) is 0 Å². The average molecular weight is 218 g/mol. The van der Waals surface area contributed by atoms with E-state index in [1.165, 1.54) is 0 Å². The lowest BCUT2D eigenvalue weighted by Crippen LogP contribution is -2.15. The van der Waals surface area contributed by atoms with Gasteiger partial charge >= 0.3 is 5.76 Å². The Labute approximate surface area is 91.1 Å². The molecule has 82 valence electrons. The first-order chi connectivity index (χ1) is 7.84. The van der Waals surface area contributed by atoms with Crippen molar-refractivity contribution in [2.24, 2.45) is 0 Å². The average Bonchev–Trinajstić information content (AvgIpc) is 2.75. The van der Waals surface area contributed by atoms with Gasteiger partial charge in [-0.1, -0.05) is 18.2 Å². The van der Waals surface area contributed by atoms with Crippen LogP contribution in [0.5, 0.6) is 5.75 Å². The summed E-state index contributed by atoms with van der Waals surface area (Å²) in [6.45, 7) is 0.609. The summed E-state index contributed by atoms with van der Waals surface area (Å²) >= 11 is 0. The Morgan fingerprint density at radius 1 is 1.38 bits per heavy atom. The van der Waals surface area contributed by atoms with Crippen molar-refractivity contribution in [2.75, 3.05) is 6.61 Å². The van der Waals surface area contributed by atoms with Gasteiger partial charge in [0, 0.05) is 5.56 Å². The van der Waals surface area contributed by atoms with E-state index in [-0.39, 0.29) is 5.92 Å². The van der Waals surface area contributed by atoms with E-state index in [2.05, 4.69) is 10.2 Å². The number of nitrogens with zero attached hydrogens (tertiary/aromatic N) is 1. The Morgan fingerprint density at radius 3 is 3.06 bits per heavy atom. The number of aromatic amines is 1. The summed E-state index contributed by atoms with van der Waals surface area (Å²) in [5, 5.41) is 6.16. The molecule has 16 heavy (non-hydrogen) atoms. The minimum absolute atomic E-state index is 0.00361. The number of H-pyrrole nitrogens is 1. The number of fused-ring (bicyclic) bond motifs is 1. The molecule has 1 aromatic carbocycles. The lowest BCUT2D eigenvalue weighted by atomic mass is 9.93. The van der Waals surface area contributed by atoms with Gasteiger partial charge in [0.05, 0.1) is 12.5 Å². The molecular weight excluding hydrogens is 208 g/mol. The summed E-state index contributed by atoms with van der Waals surface area (Å²) in [4.78, 5) is 10.9. The molecule has 1 atom stereocenters. The number of hydrogen-bond acceptors (Lipinski definition) is 4. The van der Waals surface area contributed by atoms with Crippen LogP contribution in [0.15, 0.2) is 33.5 Å². The maximum absolute atomic E-state index is 10.9. The molecule has 0 saturated heterocycles. The Balaban J connectivity index is 2.08. The van der Waals surface area contributed by atoms with E-state index in [4.69, 9.17) is 9.15 Å². The Kier molecular flexibility index (Phi) is 2.02. The Morgan fingerprint density at radius 2 is 2.25 bits per heavy atom. The lowest BCUT2D eigenvalue weighted by Gasteiger charge is -2.22. The van der Waals surface area contributed by atoms with Crippen molar-refractivity contribution >= 4 is 0 Å². The van der Waals surface area contributed by atoms with Crippen molar-refractivity contribution < 1.29 is 9.15 Å². The molecule has 2 heterocycles. The summed E-state index contributed by atoms with van der Waals surface area (Å²) < 4.78 is 10.5. The van der Waals surface area contributed by atoms with Gasteiger partial charge in [-0.05, 0) is 12.5 Å². The molecule has 3 rings (SSSR count). The van der Waals surface area contributed by atoms with Crippen LogP contribution in [0.4, 0.5) is 0 Å². The first-order valence-electron chi connectivity index (χ1n) is 5.12. The van der Waals surface area contributed by atoms with Crippen molar-refractivity contribution in [3.05, 3.63) is 46.3 Å². The fourth-order valence-corrected chi connectivity index (χ4v) is 1.99.